The van der Waals surface area contributed by atoms with Crippen molar-refractivity contribution in [3.8, 4) is 5.75 Å². The fourth-order valence-electron chi connectivity index (χ4n) is 3.60. The Balaban J connectivity index is 1.65. The molecule has 3 rings (SSSR count). The highest BCUT2D eigenvalue weighted by Crippen LogP contribution is 2.35. The van der Waals surface area contributed by atoms with Gasteiger partial charge in [-0.2, -0.15) is 0 Å². The summed E-state index contributed by atoms with van der Waals surface area (Å²) in [4.78, 5) is 22.5. The normalized spacial score (nSPS) is 20.7. The number of nitrogens with one attached hydrogen (secondary N) is 1. The van der Waals surface area contributed by atoms with Crippen LogP contribution in [-0.4, -0.2) is 47.1 Å². The molecule has 6 heteroatoms. The van der Waals surface area contributed by atoms with Crippen LogP contribution in [0.5, 0.6) is 5.75 Å². The number of carbonyl (C=O) groups excluding carboxylic acids is 1. The predicted molar refractivity (Wildman–Crippen MR) is 98.7 cm³/mol. The molecule has 1 saturated heterocycles. The number of para-hydroxylation sites is 1. The van der Waals surface area contributed by atoms with E-state index in [9.17, 15) is 4.79 Å². The minimum atomic E-state index is -0.518. The standard InChI is InChI=1S/C20H27N3O3/c1-2-25-19(24)20(10-14-26-17-7-4-3-5-8-17)9-6-13-23(16-20)15-18-21-11-12-22-18/h3-5,7-8,11-12H,2,6,9-10,13-16H2,1H3,(H,21,22)/t20-/m1/s1. The first-order chi connectivity index (χ1) is 12.7. The number of H-pyrrole nitrogens is 1. The minimum absolute atomic E-state index is 0.110. The Kier molecular flexibility index (Phi) is 6.28. The third kappa shape index (κ3) is 4.64. The van der Waals surface area contributed by atoms with E-state index in [4.69, 9.17) is 9.47 Å². The van der Waals surface area contributed by atoms with E-state index in [1.165, 1.54) is 0 Å². The molecule has 1 aliphatic heterocycles. The second-order valence-electron chi connectivity index (χ2n) is 6.76. The molecule has 0 saturated carbocycles. The van der Waals surface area contributed by atoms with Crippen LogP contribution >= 0.6 is 0 Å². The van der Waals surface area contributed by atoms with Crippen molar-refractivity contribution in [3.05, 3.63) is 48.5 Å². The number of ether oxygens (including phenoxy) is 2. The summed E-state index contributed by atoms with van der Waals surface area (Å²) in [7, 11) is 0. The molecule has 6 nitrogen and oxygen atoms in total. The predicted octanol–water partition coefficient (Wildman–Crippen LogP) is 3.02. The van der Waals surface area contributed by atoms with Crippen LogP contribution in [0.4, 0.5) is 0 Å². The number of piperidine rings is 1. The summed E-state index contributed by atoms with van der Waals surface area (Å²) >= 11 is 0. The second-order valence-corrected chi connectivity index (χ2v) is 6.76. The van der Waals surface area contributed by atoms with Crippen LogP contribution in [0.2, 0.25) is 0 Å². The van der Waals surface area contributed by atoms with E-state index in [1.54, 1.807) is 6.20 Å². The van der Waals surface area contributed by atoms with Gasteiger partial charge in [-0.1, -0.05) is 18.2 Å². The van der Waals surface area contributed by atoms with E-state index in [0.29, 0.717) is 32.7 Å². The fraction of sp³-hybridized carbons (Fsp3) is 0.500. The van der Waals surface area contributed by atoms with Crippen LogP contribution in [0.1, 0.15) is 32.0 Å². The summed E-state index contributed by atoms with van der Waals surface area (Å²) in [5, 5.41) is 0. The number of hydrogen-bond acceptors (Lipinski definition) is 5. The molecule has 1 aromatic carbocycles. The van der Waals surface area contributed by atoms with Crippen molar-refractivity contribution in [2.45, 2.75) is 32.7 Å². The molecule has 1 fully saturated rings. The molecule has 0 spiro atoms. The molecule has 26 heavy (non-hydrogen) atoms. The number of benzene rings is 1. The maximum atomic E-state index is 12.8. The van der Waals surface area contributed by atoms with Gasteiger partial charge in [-0.05, 0) is 44.9 Å². The summed E-state index contributed by atoms with van der Waals surface area (Å²) in [6, 6.07) is 9.72. The molecule has 2 aromatic rings. The zero-order chi connectivity index (χ0) is 18.2. The van der Waals surface area contributed by atoms with Crippen LogP contribution in [-0.2, 0) is 16.1 Å². The second kappa shape index (κ2) is 8.85. The fourth-order valence-corrected chi connectivity index (χ4v) is 3.60. The zero-order valence-corrected chi connectivity index (χ0v) is 15.3. The SMILES string of the molecule is CCOC(=O)[C@@]1(CCOc2ccccc2)CCCN(Cc2ncc[nH]2)C1. The number of nitrogens with zero attached hydrogens (tertiary/aromatic N) is 2. The Morgan fingerprint density at radius 1 is 1.35 bits per heavy atom. The largest absolute Gasteiger partial charge is 0.494 e. The molecule has 1 aromatic heterocycles. The van der Waals surface area contributed by atoms with E-state index >= 15 is 0 Å². The molecular formula is C20H27N3O3. The molecule has 0 radical (unpaired) electrons. The van der Waals surface area contributed by atoms with Crippen molar-refractivity contribution in [2.75, 3.05) is 26.3 Å². The summed E-state index contributed by atoms with van der Waals surface area (Å²) in [6.45, 7) is 5.10. The van der Waals surface area contributed by atoms with Crippen molar-refractivity contribution < 1.29 is 14.3 Å². The van der Waals surface area contributed by atoms with Crippen molar-refractivity contribution in [1.29, 1.82) is 0 Å². The maximum Gasteiger partial charge on any atom is 0.313 e. The molecule has 0 amide bonds. The van der Waals surface area contributed by atoms with Gasteiger partial charge in [0.05, 0.1) is 25.2 Å². The first-order valence-electron chi connectivity index (χ1n) is 9.27. The lowest BCUT2D eigenvalue weighted by Crippen LogP contribution is -2.49. The highest BCUT2D eigenvalue weighted by atomic mass is 16.5. The smallest absolute Gasteiger partial charge is 0.313 e. The van der Waals surface area contributed by atoms with Gasteiger partial charge in [-0.3, -0.25) is 9.69 Å². The van der Waals surface area contributed by atoms with E-state index in [2.05, 4.69) is 14.9 Å². The van der Waals surface area contributed by atoms with E-state index in [0.717, 1.165) is 31.0 Å². The average molecular weight is 357 g/mol. The highest BCUT2D eigenvalue weighted by molar-refractivity contribution is 5.77. The van der Waals surface area contributed by atoms with Crippen LogP contribution in [0.3, 0.4) is 0 Å². The van der Waals surface area contributed by atoms with Gasteiger partial charge < -0.3 is 14.5 Å². The van der Waals surface area contributed by atoms with Crippen molar-refractivity contribution in [2.24, 2.45) is 5.41 Å². The summed E-state index contributed by atoms with van der Waals surface area (Å²) < 4.78 is 11.3. The van der Waals surface area contributed by atoms with Crippen molar-refractivity contribution >= 4 is 5.97 Å². The lowest BCUT2D eigenvalue weighted by atomic mass is 9.77. The van der Waals surface area contributed by atoms with Gasteiger partial charge in [-0.15, -0.1) is 0 Å². The lowest BCUT2D eigenvalue weighted by molar-refractivity contribution is -0.160. The first kappa shape index (κ1) is 18.5. The third-order valence-corrected chi connectivity index (χ3v) is 4.89. The molecule has 1 atom stereocenters. The monoisotopic (exact) mass is 357 g/mol. The maximum absolute atomic E-state index is 12.8. The Bertz CT molecular complexity index is 675. The average Bonchev–Trinajstić information content (AvgIpc) is 3.16. The topological polar surface area (TPSA) is 67.5 Å². The van der Waals surface area contributed by atoms with E-state index in [1.807, 2.05) is 43.5 Å². The Morgan fingerprint density at radius 3 is 2.92 bits per heavy atom. The number of aromatic amines is 1. The van der Waals surface area contributed by atoms with Crippen LogP contribution in [0, 0.1) is 5.41 Å². The van der Waals surface area contributed by atoms with Crippen LogP contribution in [0.15, 0.2) is 42.7 Å². The molecule has 2 heterocycles. The van der Waals surface area contributed by atoms with E-state index < -0.39 is 5.41 Å². The molecule has 0 unspecified atom stereocenters. The third-order valence-electron chi connectivity index (χ3n) is 4.89. The number of hydrogen-bond donors (Lipinski definition) is 1. The van der Waals surface area contributed by atoms with Gasteiger partial charge in [0.2, 0.25) is 0 Å². The summed E-state index contributed by atoms with van der Waals surface area (Å²) in [5.74, 6) is 1.64. The Morgan fingerprint density at radius 2 is 2.19 bits per heavy atom. The number of likely N-dealkylation sites (tertiary alicyclic amines) is 1. The van der Waals surface area contributed by atoms with Crippen molar-refractivity contribution in [1.82, 2.24) is 14.9 Å². The molecule has 0 bridgehead atoms. The van der Waals surface area contributed by atoms with Crippen LogP contribution < -0.4 is 4.74 Å². The number of esters is 1. The molecule has 0 aliphatic carbocycles. The van der Waals surface area contributed by atoms with Gasteiger partial charge in [0.15, 0.2) is 0 Å². The molecule has 1 N–H and O–H groups in total. The van der Waals surface area contributed by atoms with Gasteiger partial charge in [-0.25, -0.2) is 4.98 Å². The number of carbonyl (C=O) groups is 1. The number of imidazole rings is 1. The van der Waals surface area contributed by atoms with Crippen molar-refractivity contribution in [3.63, 3.8) is 0 Å². The molecule has 1 aliphatic rings. The van der Waals surface area contributed by atoms with Crippen LogP contribution in [0.25, 0.3) is 0 Å². The molecular weight excluding hydrogens is 330 g/mol. The van der Waals surface area contributed by atoms with Gasteiger partial charge in [0.25, 0.3) is 0 Å². The molecule has 140 valence electrons. The van der Waals surface area contributed by atoms with Gasteiger partial charge in [0, 0.05) is 18.9 Å². The van der Waals surface area contributed by atoms with Gasteiger partial charge >= 0.3 is 5.97 Å². The highest BCUT2D eigenvalue weighted by Gasteiger charge is 2.43. The lowest BCUT2D eigenvalue weighted by Gasteiger charge is -2.40. The quantitative estimate of drug-likeness (QED) is 0.736. The number of aromatic nitrogens is 2. The van der Waals surface area contributed by atoms with Gasteiger partial charge in [0.1, 0.15) is 11.6 Å². The Hall–Kier alpha value is -2.34. The Labute approximate surface area is 154 Å². The summed E-state index contributed by atoms with van der Waals surface area (Å²) in [5.41, 5.74) is -0.518. The first-order valence-corrected chi connectivity index (χ1v) is 9.27. The minimum Gasteiger partial charge on any atom is -0.494 e. The zero-order valence-electron chi connectivity index (χ0n) is 15.3. The van der Waals surface area contributed by atoms with E-state index in [-0.39, 0.29) is 5.97 Å². The summed E-state index contributed by atoms with van der Waals surface area (Å²) in [6.07, 6.45) is 6.02. The number of rotatable bonds is 8.